The maximum atomic E-state index is 11.5. The van der Waals surface area contributed by atoms with Gasteiger partial charge in [0.25, 0.3) is 0 Å². The first-order valence-corrected chi connectivity index (χ1v) is 8.10. The van der Waals surface area contributed by atoms with E-state index >= 15 is 0 Å². The van der Waals surface area contributed by atoms with Crippen molar-refractivity contribution in [3.05, 3.63) is 11.1 Å². The molecule has 0 amide bonds. The molecule has 0 fully saturated rings. The van der Waals surface area contributed by atoms with Crippen molar-refractivity contribution in [1.82, 2.24) is 0 Å². The molecule has 122 valence electrons. The summed E-state index contributed by atoms with van der Waals surface area (Å²) in [7, 11) is 0. The highest BCUT2D eigenvalue weighted by Gasteiger charge is 2.36. The Morgan fingerprint density at radius 1 is 0.857 bits per heavy atom. The Labute approximate surface area is 128 Å². The monoisotopic (exact) mass is 298 g/mol. The predicted molar refractivity (Wildman–Crippen MR) is 84.4 cm³/mol. The van der Waals surface area contributed by atoms with E-state index in [2.05, 4.69) is 6.92 Å². The molecule has 0 radical (unpaired) electrons. The molecule has 0 heterocycles. The molecule has 0 spiro atoms. The van der Waals surface area contributed by atoms with E-state index in [0.717, 1.165) is 44.9 Å². The van der Waals surface area contributed by atoms with E-state index in [9.17, 15) is 19.8 Å². The van der Waals surface area contributed by atoms with E-state index in [4.69, 9.17) is 0 Å². The van der Waals surface area contributed by atoms with Crippen molar-refractivity contribution in [2.24, 2.45) is 5.41 Å². The number of hydrogen-bond donors (Lipinski definition) is 2. The lowest BCUT2D eigenvalue weighted by molar-refractivity contribution is -0.140. The average Bonchev–Trinajstić information content (AvgIpc) is 2.44. The first-order chi connectivity index (χ1) is 9.90. The highest BCUT2D eigenvalue weighted by atomic mass is 16.4. The SMILES string of the molecule is CCCCC(=C(C(=O)O)C(=O)O)C(CC)(CC)CCCC. The second-order valence-electron chi connectivity index (χ2n) is 5.66. The molecule has 4 nitrogen and oxygen atoms in total. The van der Waals surface area contributed by atoms with Crippen molar-refractivity contribution in [3.63, 3.8) is 0 Å². The zero-order chi connectivity index (χ0) is 16.5. The molecule has 0 aromatic heterocycles. The third-order valence-electron chi connectivity index (χ3n) is 4.51. The molecule has 0 rings (SSSR count). The molecule has 0 aliphatic rings. The number of carboxylic acid groups (broad SMARTS) is 2. The topological polar surface area (TPSA) is 74.6 Å². The van der Waals surface area contributed by atoms with E-state index < -0.39 is 17.5 Å². The summed E-state index contributed by atoms with van der Waals surface area (Å²) >= 11 is 0. The van der Waals surface area contributed by atoms with Gasteiger partial charge in [0.15, 0.2) is 0 Å². The minimum absolute atomic E-state index is 0.294. The van der Waals surface area contributed by atoms with Crippen LogP contribution in [0.25, 0.3) is 0 Å². The number of unbranched alkanes of at least 4 members (excludes halogenated alkanes) is 2. The van der Waals surface area contributed by atoms with Crippen molar-refractivity contribution < 1.29 is 19.8 Å². The Morgan fingerprint density at radius 2 is 1.33 bits per heavy atom. The van der Waals surface area contributed by atoms with Crippen LogP contribution in [0.4, 0.5) is 0 Å². The van der Waals surface area contributed by atoms with E-state index in [-0.39, 0.29) is 5.41 Å². The molecule has 0 saturated carbocycles. The Kier molecular flexibility index (Phi) is 8.98. The lowest BCUT2D eigenvalue weighted by Crippen LogP contribution is -2.28. The Morgan fingerprint density at radius 3 is 1.67 bits per heavy atom. The van der Waals surface area contributed by atoms with Gasteiger partial charge in [0, 0.05) is 0 Å². The summed E-state index contributed by atoms with van der Waals surface area (Å²) in [5.41, 5.74) is -0.0526. The van der Waals surface area contributed by atoms with E-state index in [1.165, 1.54) is 0 Å². The first-order valence-electron chi connectivity index (χ1n) is 8.10. The van der Waals surface area contributed by atoms with Crippen LogP contribution in [0.3, 0.4) is 0 Å². The fourth-order valence-corrected chi connectivity index (χ4v) is 3.05. The molecule has 0 aromatic rings. The number of carboxylic acids is 2. The lowest BCUT2D eigenvalue weighted by atomic mass is 9.68. The zero-order valence-electron chi connectivity index (χ0n) is 13.9. The minimum Gasteiger partial charge on any atom is -0.477 e. The standard InChI is InChI=1S/C17H30O4/c1-5-9-11-13(14(15(18)19)16(20)21)17(7-3,8-4)12-10-6-2/h5-12H2,1-4H3,(H,18,19)(H,20,21). The molecule has 0 atom stereocenters. The van der Waals surface area contributed by atoms with Crippen LogP contribution in [0.1, 0.15) is 79.1 Å². The van der Waals surface area contributed by atoms with Crippen molar-refractivity contribution in [1.29, 1.82) is 0 Å². The molecule has 21 heavy (non-hydrogen) atoms. The largest absolute Gasteiger partial charge is 0.477 e. The molecule has 0 aliphatic heterocycles. The summed E-state index contributed by atoms with van der Waals surface area (Å²) in [5, 5.41) is 18.7. The summed E-state index contributed by atoms with van der Waals surface area (Å²) in [6.45, 7) is 8.20. The molecule has 0 aliphatic carbocycles. The number of rotatable bonds is 11. The lowest BCUT2D eigenvalue weighted by Gasteiger charge is -2.36. The van der Waals surface area contributed by atoms with Gasteiger partial charge in [-0.05, 0) is 43.1 Å². The predicted octanol–water partition coefficient (Wildman–Crippen LogP) is 4.64. The Hall–Kier alpha value is -1.32. The highest BCUT2D eigenvalue weighted by Crippen LogP contribution is 2.44. The Bertz CT molecular complexity index is 362. The smallest absolute Gasteiger partial charge is 0.343 e. The number of hydrogen-bond acceptors (Lipinski definition) is 2. The van der Waals surface area contributed by atoms with Gasteiger partial charge in [0.2, 0.25) is 0 Å². The molecule has 0 aromatic carbocycles. The molecular weight excluding hydrogens is 268 g/mol. The van der Waals surface area contributed by atoms with Crippen molar-refractivity contribution in [2.45, 2.75) is 79.1 Å². The summed E-state index contributed by atoms with van der Waals surface area (Å²) in [4.78, 5) is 22.9. The van der Waals surface area contributed by atoms with Gasteiger partial charge in [-0.3, -0.25) is 0 Å². The molecular formula is C17H30O4. The van der Waals surface area contributed by atoms with Crippen LogP contribution in [-0.4, -0.2) is 22.2 Å². The summed E-state index contributed by atoms with van der Waals surface area (Å²) < 4.78 is 0. The number of allylic oxidation sites excluding steroid dienone is 1. The van der Waals surface area contributed by atoms with Gasteiger partial charge in [-0.15, -0.1) is 0 Å². The van der Waals surface area contributed by atoms with Crippen LogP contribution >= 0.6 is 0 Å². The van der Waals surface area contributed by atoms with Crippen molar-refractivity contribution >= 4 is 11.9 Å². The third-order valence-corrected chi connectivity index (χ3v) is 4.51. The van der Waals surface area contributed by atoms with Gasteiger partial charge in [-0.1, -0.05) is 47.0 Å². The van der Waals surface area contributed by atoms with Gasteiger partial charge >= 0.3 is 11.9 Å². The van der Waals surface area contributed by atoms with Crippen LogP contribution in [0.15, 0.2) is 11.1 Å². The van der Waals surface area contributed by atoms with Gasteiger partial charge < -0.3 is 10.2 Å². The minimum atomic E-state index is -1.31. The van der Waals surface area contributed by atoms with Crippen LogP contribution in [0.5, 0.6) is 0 Å². The summed E-state index contributed by atoms with van der Waals surface area (Å²) in [5.74, 6) is -2.62. The van der Waals surface area contributed by atoms with E-state index in [1.807, 2.05) is 20.8 Å². The van der Waals surface area contributed by atoms with Gasteiger partial charge in [0.05, 0.1) is 0 Å². The molecule has 0 unspecified atom stereocenters. The second-order valence-corrected chi connectivity index (χ2v) is 5.66. The summed E-state index contributed by atoms with van der Waals surface area (Å²) in [6.07, 6.45) is 6.76. The highest BCUT2D eigenvalue weighted by molar-refractivity contribution is 6.13. The fraction of sp³-hybridized carbons (Fsp3) is 0.765. The number of aliphatic carboxylic acids is 2. The van der Waals surface area contributed by atoms with Gasteiger partial charge in [0.1, 0.15) is 5.57 Å². The molecule has 4 heteroatoms. The molecule has 2 N–H and O–H groups in total. The second kappa shape index (κ2) is 9.59. The maximum absolute atomic E-state index is 11.5. The molecule has 0 bridgehead atoms. The number of carbonyl (C=O) groups is 2. The quantitative estimate of drug-likeness (QED) is 0.331. The Balaban J connectivity index is 5.98. The fourth-order valence-electron chi connectivity index (χ4n) is 3.05. The van der Waals surface area contributed by atoms with Crippen LogP contribution < -0.4 is 0 Å². The van der Waals surface area contributed by atoms with E-state index in [1.54, 1.807) is 0 Å². The van der Waals surface area contributed by atoms with Crippen LogP contribution in [0.2, 0.25) is 0 Å². The van der Waals surface area contributed by atoms with Crippen molar-refractivity contribution in [3.8, 4) is 0 Å². The zero-order valence-corrected chi connectivity index (χ0v) is 13.9. The van der Waals surface area contributed by atoms with Crippen LogP contribution in [0, 0.1) is 5.41 Å². The first kappa shape index (κ1) is 19.7. The van der Waals surface area contributed by atoms with Crippen molar-refractivity contribution in [2.75, 3.05) is 0 Å². The molecule has 0 saturated heterocycles. The third kappa shape index (κ3) is 5.18. The van der Waals surface area contributed by atoms with E-state index in [0.29, 0.717) is 12.0 Å². The van der Waals surface area contributed by atoms with Crippen LogP contribution in [-0.2, 0) is 9.59 Å². The maximum Gasteiger partial charge on any atom is 0.343 e. The average molecular weight is 298 g/mol. The van der Waals surface area contributed by atoms with Gasteiger partial charge in [-0.25, -0.2) is 9.59 Å². The van der Waals surface area contributed by atoms with Gasteiger partial charge in [-0.2, -0.15) is 0 Å². The summed E-state index contributed by atoms with van der Waals surface area (Å²) in [6, 6.07) is 0. The normalized spacial score (nSPS) is 11.2.